The van der Waals surface area contributed by atoms with Gasteiger partial charge in [-0.05, 0) is 30.3 Å². The number of hydrogen-bond acceptors (Lipinski definition) is 6. The number of fused-ring (bicyclic) bond motifs is 1. The Morgan fingerprint density at radius 2 is 2.05 bits per heavy atom. The van der Waals surface area contributed by atoms with Gasteiger partial charge in [0.2, 0.25) is 5.78 Å². The van der Waals surface area contributed by atoms with Crippen molar-refractivity contribution in [2.45, 2.75) is 0 Å². The highest BCUT2D eigenvalue weighted by Crippen LogP contribution is 2.14. The molecule has 104 valence electrons. The number of rotatable bonds is 4. The maximum Gasteiger partial charge on any atom is 0.338 e. The fourth-order valence-corrected chi connectivity index (χ4v) is 1.80. The van der Waals surface area contributed by atoms with Crippen molar-refractivity contribution in [3.05, 3.63) is 60.2 Å². The van der Waals surface area contributed by atoms with E-state index in [0.29, 0.717) is 16.7 Å². The molecule has 0 N–H and O–H groups in total. The number of nitrogens with zero attached hydrogens (tertiary/aromatic N) is 2. The fraction of sp³-hybridized carbons (Fsp3) is 0.0667. The summed E-state index contributed by atoms with van der Waals surface area (Å²) in [5.74, 6) is -0.948. The molecule has 3 rings (SSSR count). The van der Waals surface area contributed by atoms with Gasteiger partial charge in [0.25, 0.3) is 0 Å². The molecule has 6 nitrogen and oxygen atoms in total. The van der Waals surface area contributed by atoms with Crippen molar-refractivity contribution in [3.8, 4) is 0 Å². The van der Waals surface area contributed by atoms with Crippen molar-refractivity contribution >= 4 is 22.9 Å². The Hall–Kier alpha value is -3.02. The van der Waals surface area contributed by atoms with Crippen LogP contribution in [0.1, 0.15) is 20.8 Å². The SMILES string of the molecule is O=C(OCC(=O)c1ccccn1)c1ccc2ocnc2c1. The van der Waals surface area contributed by atoms with Crippen molar-refractivity contribution in [3.63, 3.8) is 0 Å². The first kappa shape index (κ1) is 13.0. The number of pyridine rings is 1. The zero-order chi connectivity index (χ0) is 14.7. The molecule has 1 aromatic carbocycles. The van der Waals surface area contributed by atoms with Gasteiger partial charge in [-0.1, -0.05) is 6.07 Å². The molecule has 0 saturated heterocycles. The van der Waals surface area contributed by atoms with Gasteiger partial charge in [-0.2, -0.15) is 0 Å². The van der Waals surface area contributed by atoms with Gasteiger partial charge in [-0.15, -0.1) is 0 Å². The normalized spacial score (nSPS) is 10.5. The third kappa shape index (κ3) is 2.79. The van der Waals surface area contributed by atoms with Crippen LogP contribution in [0.4, 0.5) is 0 Å². The van der Waals surface area contributed by atoms with Crippen LogP contribution < -0.4 is 0 Å². The maximum atomic E-state index is 11.9. The Balaban J connectivity index is 1.67. The molecule has 3 aromatic rings. The van der Waals surface area contributed by atoms with E-state index in [1.807, 2.05) is 0 Å². The molecule has 0 amide bonds. The van der Waals surface area contributed by atoms with E-state index in [2.05, 4.69) is 9.97 Å². The zero-order valence-electron chi connectivity index (χ0n) is 10.9. The van der Waals surface area contributed by atoms with Gasteiger partial charge in [0.05, 0.1) is 5.56 Å². The van der Waals surface area contributed by atoms with Crippen LogP contribution in [0.25, 0.3) is 11.1 Å². The molecule has 2 aromatic heterocycles. The zero-order valence-corrected chi connectivity index (χ0v) is 10.9. The van der Waals surface area contributed by atoms with Gasteiger partial charge in [0, 0.05) is 6.20 Å². The first-order valence-electron chi connectivity index (χ1n) is 6.18. The molecular formula is C15H10N2O4. The highest BCUT2D eigenvalue weighted by Gasteiger charge is 2.13. The van der Waals surface area contributed by atoms with Gasteiger partial charge in [-0.25, -0.2) is 9.78 Å². The van der Waals surface area contributed by atoms with Gasteiger partial charge in [-0.3, -0.25) is 9.78 Å². The molecular weight excluding hydrogens is 272 g/mol. The summed E-state index contributed by atoms with van der Waals surface area (Å²) in [5.41, 5.74) is 1.71. The molecule has 6 heteroatoms. The lowest BCUT2D eigenvalue weighted by atomic mass is 10.2. The summed E-state index contributed by atoms with van der Waals surface area (Å²) in [6.45, 7) is -0.354. The molecule has 2 heterocycles. The van der Waals surface area contributed by atoms with Gasteiger partial charge >= 0.3 is 5.97 Å². The molecule has 21 heavy (non-hydrogen) atoms. The largest absolute Gasteiger partial charge is 0.454 e. The average molecular weight is 282 g/mol. The van der Waals surface area contributed by atoms with E-state index in [-0.39, 0.29) is 18.1 Å². The number of carbonyl (C=O) groups excluding carboxylic acids is 2. The Bertz CT molecular complexity index is 796. The lowest BCUT2D eigenvalue weighted by Crippen LogP contribution is -2.15. The smallest absolute Gasteiger partial charge is 0.338 e. The minimum absolute atomic E-state index is 0.261. The minimum Gasteiger partial charge on any atom is -0.454 e. The summed E-state index contributed by atoms with van der Waals surface area (Å²) in [4.78, 5) is 31.5. The number of benzene rings is 1. The molecule has 0 bridgehead atoms. The van der Waals surface area contributed by atoms with Crippen molar-refractivity contribution in [1.82, 2.24) is 9.97 Å². The molecule has 0 spiro atoms. The lowest BCUT2D eigenvalue weighted by molar-refractivity contribution is 0.0473. The molecule has 0 atom stereocenters. The lowest BCUT2D eigenvalue weighted by Gasteiger charge is -2.03. The summed E-state index contributed by atoms with van der Waals surface area (Å²) >= 11 is 0. The Labute approximate surface area is 119 Å². The van der Waals surface area contributed by atoms with Crippen LogP contribution in [0, 0.1) is 0 Å². The van der Waals surface area contributed by atoms with E-state index in [1.54, 1.807) is 36.4 Å². The predicted molar refractivity (Wildman–Crippen MR) is 72.9 cm³/mol. The summed E-state index contributed by atoms with van der Waals surface area (Å²) in [6.07, 6.45) is 2.80. The first-order chi connectivity index (χ1) is 10.2. The Morgan fingerprint density at radius 1 is 1.14 bits per heavy atom. The second kappa shape index (κ2) is 5.54. The van der Waals surface area contributed by atoms with E-state index in [4.69, 9.17) is 9.15 Å². The number of ether oxygens (including phenoxy) is 1. The highest BCUT2D eigenvalue weighted by molar-refractivity contribution is 5.98. The van der Waals surface area contributed by atoms with Gasteiger partial charge in [0.1, 0.15) is 11.2 Å². The molecule has 0 aliphatic carbocycles. The van der Waals surface area contributed by atoms with Crippen LogP contribution in [0.2, 0.25) is 0 Å². The molecule has 0 fully saturated rings. The number of oxazole rings is 1. The quantitative estimate of drug-likeness (QED) is 0.539. The van der Waals surface area contributed by atoms with Crippen molar-refractivity contribution in [2.24, 2.45) is 0 Å². The number of Topliss-reactive ketones (excluding diaryl/α,β-unsaturated/α-hetero) is 1. The monoisotopic (exact) mass is 282 g/mol. The summed E-state index contributed by atoms with van der Waals surface area (Å²) in [6, 6.07) is 9.70. The minimum atomic E-state index is -0.593. The van der Waals surface area contributed by atoms with Gasteiger partial charge < -0.3 is 9.15 Å². The van der Waals surface area contributed by atoms with E-state index in [9.17, 15) is 9.59 Å². The van der Waals surface area contributed by atoms with Crippen molar-refractivity contribution in [2.75, 3.05) is 6.61 Å². The van der Waals surface area contributed by atoms with Gasteiger partial charge in [0.15, 0.2) is 18.6 Å². The standard InChI is InChI=1S/C15H10N2O4/c18-13(11-3-1-2-6-16-11)8-20-15(19)10-4-5-14-12(7-10)17-9-21-14/h1-7,9H,8H2. The average Bonchev–Trinajstić information content (AvgIpc) is 3.00. The van der Waals surface area contributed by atoms with E-state index < -0.39 is 5.97 Å². The van der Waals surface area contributed by atoms with E-state index in [1.165, 1.54) is 12.6 Å². The molecule has 0 aliphatic rings. The summed E-state index contributed by atoms with van der Waals surface area (Å²) in [5, 5.41) is 0. The second-order valence-corrected chi connectivity index (χ2v) is 4.25. The topological polar surface area (TPSA) is 82.3 Å². The maximum absolute atomic E-state index is 11.9. The van der Waals surface area contributed by atoms with Crippen LogP contribution >= 0.6 is 0 Å². The van der Waals surface area contributed by atoms with Crippen molar-refractivity contribution < 1.29 is 18.7 Å². The van der Waals surface area contributed by atoms with Crippen LogP contribution in [-0.2, 0) is 4.74 Å². The van der Waals surface area contributed by atoms with Crippen LogP contribution in [-0.4, -0.2) is 28.3 Å². The predicted octanol–water partition coefficient (Wildman–Crippen LogP) is 2.26. The number of aromatic nitrogens is 2. The van der Waals surface area contributed by atoms with Crippen LogP contribution in [0.15, 0.2) is 53.4 Å². The van der Waals surface area contributed by atoms with Crippen LogP contribution in [0.5, 0.6) is 0 Å². The summed E-state index contributed by atoms with van der Waals surface area (Å²) in [7, 11) is 0. The molecule has 0 saturated carbocycles. The second-order valence-electron chi connectivity index (χ2n) is 4.25. The molecule has 0 aliphatic heterocycles. The fourth-order valence-electron chi connectivity index (χ4n) is 1.80. The summed E-state index contributed by atoms with van der Waals surface area (Å²) < 4.78 is 10.1. The molecule has 0 unspecified atom stereocenters. The number of hydrogen-bond donors (Lipinski definition) is 0. The Morgan fingerprint density at radius 3 is 2.86 bits per heavy atom. The molecule has 0 radical (unpaired) electrons. The third-order valence-electron chi connectivity index (χ3n) is 2.85. The Kier molecular flexibility index (Phi) is 3.42. The highest BCUT2D eigenvalue weighted by atomic mass is 16.5. The van der Waals surface area contributed by atoms with E-state index >= 15 is 0 Å². The van der Waals surface area contributed by atoms with Crippen LogP contribution in [0.3, 0.4) is 0 Å². The number of ketones is 1. The number of carbonyl (C=O) groups is 2. The number of esters is 1. The van der Waals surface area contributed by atoms with E-state index in [0.717, 1.165) is 0 Å². The third-order valence-corrected chi connectivity index (χ3v) is 2.85. The van der Waals surface area contributed by atoms with Crippen molar-refractivity contribution in [1.29, 1.82) is 0 Å². The first-order valence-corrected chi connectivity index (χ1v) is 6.18.